The van der Waals surface area contributed by atoms with E-state index in [0.717, 1.165) is 40.9 Å². The van der Waals surface area contributed by atoms with Gasteiger partial charge in [-0.25, -0.2) is 4.79 Å². The van der Waals surface area contributed by atoms with Crippen molar-refractivity contribution in [3.05, 3.63) is 106 Å². The van der Waals surface area contributed by atoms with Gasteiger partial charge in [0.2, 0.25) is 0 Å². The summed E-state index contributed by atoms with van der Waals surface area (Å²) in [4.78, 5) is 12.0. The summed E-state index contributed by atoms with van der Waals surface area (Å²) < 4.78 is 11.5. The number of methoxy groups -OCH3 is 1. The van der Waals surface area contributed by atoms with Crippen LogP contribution < -0.4 is 4.74 Å². The van der Waals surface area contributed by atoms with E-state index in [9.17, 15) is 4.79 Å². The third kappa shape index (κ3) is 5.11. The van der Waals surface area contributed by atoms with E-state index in [1.165, 1.54) is 23.8 Å². The van der Waals surface area contributed by atoms with Crippen LogP contribution in [0, 0.1) is 0 Å². The lowest BCUT2D eigenvalue weighted by molar-refractivity contribution is 0.0600. The second kappa shape index (κ2) is 9.97. The zero-order chi connectivity index (χ0) is 26.1. The Balaban J connectivity index is 1.88. The van der Waals surface area contributed by atoms with Crippen molar-refractivity contribution in [3.8, 4) is 5.75 Å². The SMILES string of the molecule is COC(=O)c1ccc(C(=C(C)C)c2cc3c(cc2OCc2ccccc2)C(C)(C)CCC3(C)C)cc1. The monoisotopic (exact) mass is 482 g/mol. The van der Waals surface area contributed by atoms with E-state index in [2.05, 4.69) is 65.8 Å². The third-order valence-corrected chi connectivity index (χ3v) is 7.55. The first-order chi connectivity index (χ1) is 17.0. The number of hydrogen-bond acceptors (Lipinski definition) is 3. The summed E-state index contributed by atoms with van der Waals surface area (Å²) in [5, 5.41) is 0. The number of allylic oxidation sites excluding steroid dienone is 1. The Morgan fingerprint density at radius 1 is 0.806 bits per heavy atom. The number of esters is 1. The fourth-order valence-electron chi connectivity index (χ4n) is 5.25. The van der Waals surface area contributed by atoms with Gasteiger partial charge in [0, 0.05) is 5.56 Å². The zero-order valence-electron chi connectivity index (χ0n) is 22.7. The molecule has 0 heterocycles. The highest BCUT2D eigenvalue weighted by atomic mass is 16.5. The fourth-order valence-corrected chi connectivity index (χ4v) is 5.25. The van der Waals surface area contributed by atoms with Gasteiger partial charge in [-0.1, -0.05) is 75.7 Å². The van der Waals surface area contributed by atoms with E-state index in [4.69, 9.17) is 9.47 Å². The molecule has 188 valence electrons. The van der Waals surface area contributed by atoms with Gasteiger partial charge in [-0.3, -0.25) is 0 Å². The van der Waals surface area contributed by atoms with Gasteiger partial charge in [0.1, 0.15) is 12.4 Å². The molecule has 3 aromatic rings. The number of fused-ring (bicyclic) bond motifs is 1. The van der Waals surface area contributed by atoms with Gasteiger partial charge in [-0.2, -0.15) is 0 Å². The number of carbonyl (C=O) groups is 1. The third-order valence-electron chi connectivity index (χ3n) is 7.55. The summed E-state index contributed by atoms with van der Waals surface area (Å²) in [5.41, 5.74) is 9.10. The zero-order valence-corrected chi connectivity index (χ0v) is 22.7. The predicted molar refractivity (Wildman–Crippen MR) is 148 cm³/mol. The van der Waals surface area contributed by atoms with Crippen molar-refractivity contribution in [1.82, 2.24) is 0 Å². The molecular weight excluding hydrogens is 444 g/mol. The van der Waals surface area contributed by atoms with Crippen molar-refractivity contribution in [2.24, 2.45) is 0 Å². The first-order valence-corrected chi connectivity index (χ1v) is 12.8. The summed E-state index contributed by atoms with van der Waals surface area (Å²) in [6, 6.07) is 22.6. The van der Waals surface area contributed by atoms with Crippen LogP contribution in [0.1, 0.15) is 92.6 Å². The maximum Gasteiger partial charge on any atom is 0.337 e. The summed E-state index contributed by atoms with van der Waals surface area (Å²) in [5.74, 6) is 0.571. The molecule has 0 bridgehead atoms. The molecule has 0 unspecified atom stereocenters. The van der Waals surface area contributed by atoms with E-state index in [1.807, 2.05) is 42.5 Å². The van der Waals surface area contributed by atoms with E-state index in [1.54, 1.807) is 0 Å². The molecule has 0 fully saturated rings. The molecule has 0 aliphatic heterocycles. The topological polar surface area (TPSA) is 35.5 Å². The summed E-state index contributed by atoms with van der Waals surface area (Å²) in [6.45, 7) is 14.2. The van der Waals surface area contributed by atoms with Gasteiger partial charge in [0.05, 0.1) is 12.7 Å². The van der Waals surface area contributed by atoms with E-state index < -0.39 is 0 Å². The largest absolute Gasteiger partial charge is 0.488 e. The van der Waals surface area contributed by atoms with Crippen LogP contribution in [0.2, 0.25) is 0 Å². The molecule has 0 N–H and O–H groups in total. The van der Waals surface area contributed by atoms with Crippen molar-refractivity contribution in [1.29, 1.82) is 0 Å². The predicted octanol–water partition coefficient (Wildman–Crippen LogP) is 8.24. The van der Waals surface area contributed by atoms with Gasteiger partial charge in [0.25, 0.3) is 0 Å². The lowest BCUT2D eigenvalue weighted by Crippen LogP contribution is -2.34. The minimum Gasteiger partial charge on any atom is -0.488 e. The molecule has 0 radical (unpaired) electrons. The highest BCUT2D eigenvalue weighted by Crippen LogP contribution is 2.49. The minimum atomic E-state index is -0.329. The van der Waals surface area contributed by atoms with Gasteiger partial charge in [-0.05, 0) is 89.6 Å². The first kappa shape index (κ1) is 25.8. The second-order valence-corrected chi connectivity index (χ2v) is 11.4. The van der Waals surface area contributed by atoms with E-state index in [-0.39, 0.29) is 16.8 Å². The van der Waals surface area contributed by atoms with Gasteiger partial charge < -0.3 is 9.47 Å². The van der Waals surface area contributed by atoms with Crippen molar-refractivity contribution < 1.29 is 14.3 Å². The standard InChI is InChI=1S/C33H38O3/c1-22(2)30(24-13-15-25(16-14-24)31(34)35-7)26-19-27-28(33(5,6)18-17-32(27,3)4)20-29(26)36-21-23-11-9-8-10-12-23/h8-16,19-20H,17-18,21H2,1-7H3. The summed E-state index contributed by atoms with van der Waals surface area (Å²) >= 11 is 0. The van der Waals surface area contributed by atoms with Crippen molar-refractivity contribution >= 4 is 11.5 Å². The molecule has 0 aromatic heterocycles. The average Bonchev–Trinajstić information content (AvgIpc) is 2.86. The van der Waals surface area contributed by atoms with Crippen molar-refractivity contribution in [3.63, 3.8) is 0 Å². The van der Waals surface area contributed by atoms with Crippen LogP contribution in [-0.4, -0.2) is 13.1 Å². The maximum absolute atomic E-state index is 12.0. The van der Waals surface area contributed by atoms with Crippen molar-refractivity contribution in [2.75, 3.05) is 7.11 Å². The molecule has 0 amide bonds. The quantitative estimate of drug-likeness (QED) is 0.332. The van der Waals surface area contributed by atoms with Crippen LogP contribution in [-0.2, 0) is 22.2 Å². The molecule has 3 aromatic carbocycles. The molecular formula is C33H38O3. The number of hydrogen-bond donors (Lipinski definition) is 0. The molecule has 0 saturated carbocycles. The van der Waals surface area contributed by atoms with Crippen LogP contribution in [0.3, 0.4) is 0 Å². The number of carbonyl (C=O) groups excluding carboxylic acids is 1. The summed E-state index contributed by atoms with van der Waals surface area (Å²) in [7, 11) is 1.41. The Morgan fingerprint density at radius 3 is 1.92 bits per heavy atom. The number of ether oxygens (including phenoxy) is 2. The lowest BCUT2D eigenvalue weighted by Gasteiger charge is -2.42. The molecule has 0 spiro atoms. The fraction of sp³-hybridized carbons (Fsp3) is 0.364. The van der Waals surface area contributed by atoms with E-state index in [0.29, 0.717) is 12.2 Å². The second-order valence-electron chi connectivity index (χ2n) is 11.4. The average molecular weight is 483 g/mol. The Bertz CT molecular complexity index is 1270. The van der Waals surface area contributed by atoms with Crippen LogP contribution in [0.5, 0.6) is 5.75 Å². The molecule has 1 aliphatic carbocycles. The highest BCUT2D eigenvalue weighted by molar-refractivity contribution is 5.91. The molecule has 0 atom stereocenters. The molecule has 1 aliphatic rings. The van der Waals surface area contributed by atoms with Gasteiger partial charge >= 0.3 is 5.97 Å². The smallest absolute Gasteiger partial charge is 0.337 e. The van der Waals surface area contributed by atoms with Gasteiger partial charge in [0.15, 0.2) is 0 Å². The lowest BCUT2D eigenvalue weighted by atomic mass is 9.62. The Morgan fingerprint density at radius 2 is 1.36 bits per heavy atom. The van der Waals surface area contributed by atoms with Crippen LogP contribution in [0.15, 0.2) is 72.3 Å². The maximum atomic E-state index is 12.0. The minimum absolute atomic E-state index is 0.0824. The highest BCUT2D eigenvalue weighted by Gasteiger charge is 2.38. The Hall–Kier alpha value is -3.33. The normalized spacial score (nSPS) is 15.5. The molecule has 36 heavy (non-hydrogen) atoms. The molecule has 0 saturated heterocycles. The molecule has 4 rings (SSSR count). The number of rotatable bonds is 6. The van der Waals surface area contributed by atoms with Crippen LogP contribution >= 0.6 is 0 Å². The Labute approximate surface area is 216 Å². The summed E-state index contributed by atoms with van der Waals surface area (Å²) in [6.07, 6.45) is 2.30. The number of benzene rings is 3. The molecule has 3 heteroatoms. The van der Waals surface area contributed by atoms with Crippen LogP contribution in [0.25, 0.3) is 5.57 Å². The van der Waals surface area contributed by atoms with E-state index >= 15 is 0 Å². The van der Waals surface area contributed by atoms with Gasteiger partial charge in [-0.15, -0.1) is 0 Å². The Kier molecular flexibility index (Phi) is 7.13. The first-order valence-electron chi connectivity index (χ1n) is 12.8. The van der Waals surface area contributed by atoms with Crippen LogP contribution in [0.4, 0.5) is 0 Å². The molecule has 3 nitrogen and oxygen atoms in total. The van der Waals surface area contributed by atoms with Crippen molar-refractivity contribution in [2.45, 2.75) is 71.8 Å².